The molecule has 2 aromatic carbocycles. The minimum atomic E-state index is -1.57. The third kappa shape index (κ3) is 3.33. The van der Waals surface area contributed by atoms with Crippen LogP contribution in [0.2, 0.25) is 0 Å². The first-order valence-electron chi connectivity index (χ1n) is 8.95. The molecular formula is C20H20O9. The summed E-state index contributed by atoms with van der Waals surface area (Å²) < 4.78 is 21.9. The zero-order valence-electron chi connectivity index (χ0n) is 15.4. The Bertz CT molecular complexity index is 1090. The van der Waals surface area contributed by atoms with E-state index in [4.69, 9.17) is 18.6 Å². The molecule has 9 heteroatoms. The fourth-order valence-corrected chi connectivity index (χ4v) is 3.39. The number of rotatable bonds is 4. The fraction of sp³-hybridized carbons (Fsp3) is 0.350. The Labute approximate surface area is 164 Å². The predicted molar refractivity (Wildman–Crippen MR) is 101 cm³/mol. The predicted octanol–water partition coefficient (Wildman–Crippen LogP) is 0.133. The van der Waals surface area contributed by atoms with Gasteiger partial charge in [0.2, 0.25) is 11.7 Å². The van der Waals surface area contributed by atoms with Gasteiger partial charge in [-0.1, -0.05) is 6.07 Å². The van der Waals surface area contributed by atoms with Crippen molar-refractivity contribution in [2.24, 2.45) is 0 Å². The van der Waals surface area contributed by atoms with Crippen LogP contribution in [0.1, 0.15) is 0 Å². The maximum absolute atomic E-state index is 13.0. The van der Waals surface area contributed by atoms with Gasteiger partial charge in [-0.3, -0.25) is 4.79 Å². The summed E-state index contributed by atoms with van der Waals surface area (Å²) in [7, 11) is 1.46. The lowest BCUT2D eigenvalue weighted by Crippen LogP contribution is -2.60. The highest BCUT2D eigenvalue weighted by molar-refractivity contribution is 5.93. The second-order valence-corrected chi connectivity index (χ2v) is 6.74. The van der Waals surface area contributed by atoms with Crippen molar-refractivity contribution in [3.05, 3.63) is 46.6 Å². The van der Waals surface area contributed by atoms with Crippen molar-refractivity contribution in [3.63, 3.8) is 0 Å². The zero-order chi connectivity index (χ0) is 20.7. The molecule has 4 N–H and O–H groups in total. The molecule has 0 bridgehead atoms. The van der Waals surface area contributed by atoms with Gasteiger partial charge in [0.15, 0.2) is 0 Å². The molecule has 1 aliphatic heterocycles. The molecule has 154 valence electrons. The lowest BCUT2D eigenvalue weighted by Gasteiger charge is -2.39. The van der Waals surface area contributed by atoms with Crippen molar-refractivity contribution in [2.75, 3.05) is 13.7 Å². The molecule has 5 unspecified atom stereocenters. The summed E-state index contributed by atoms with van der Waals surface area (Å²) in [6.07, 6.45) is -7.07. The summed E-state index contributed by atoms with van der Waals surface area (Å²) in [4.78, 5) is 13.0. The number of aliphatic hydroxyl groups is 4. The van der Waals surface area contributed by atoms with Crippen LogP contribution in [0.4, 0.5) is 0 Å². The lowest BCUT2D eigenvalue weighted by atomic mass is 9.99. The first kappa shape index (κ1) is 19.6. The monoisotopic (exact) mass is 404 g/mol. The van der Waals surface area contributed by atoms with E-state index in [1.807, 2.05) is 0 Å². The number of fused-ring (bicyclic) bond motifs is 2. The molecule has 4 rings (SSSR count). The first-order chi connectivity index (χ1) is 13.9. The Hall–Kier alpha value is -2.69. The van der Waals surface area contributed by atoms with Crippen molar-refractivity contribution < 1.29 is 39.1 Å². The number of hydrogen-bond donors (Lipinski definition) is 4. The van der Waals surface area contributed by atoms with E-state index in [1.54, 1.807) is 18.2 Å². The summed E-state index contributed by atoms with van der Waals surface area (Å²) in [5, 5.41) is 39.7. The van der Waals surface area contributed by atoms with Gasteiger partial charge < -0.3 is 39.1 Å². The third-order valence-electron chi connectivity index (χ3n) is 4.95. The van der Waals surface area contributed by atoms with Crippen LogP contribution in [0.25, 0.3) is 21.9 Å². The normalized spacial score (nSPS) is 27.3. The molecule has 0 amide bonds. The minimum Gasteiger partial charge on any atom is -0.496 e. The molecule has 0 spiro atoms. The smallest absolute Gasteiger partial charge is 0.229 e. The molecule has 1 aromatic heterocycles. The van der Waals surface area contributed by atoms with Gasteiger partial charge >= 0.3 is 0 Å². The summed E-state index contributed by atoms with van der Waals surface area (Å²) in [6.45, 7) is -0.572. The average molecular weight is 404 g/mol. The summed E-state index contributed by atoms with van der Waals surface area (Å²) in [5.74, 6) is 0.543. The quantitative estimate of drug-likeness (QED) is 0.447. The van der Waals surface area contributed by atoms with Crippen LogP contribution < -0.4 is 14.9 Å². The molecule has 0 aliphatic carbocycles. The van der Waals surface area contributed by atoms with Gasteiger partial charge in [0.1, 0.15) is 52.5 Å². The van der Waals surface area contributed by atoms with Crippen molar-refractivity contribution >= 4 is 21.9 Å². The van der Waals surface area contributed by atoms with Crippen LogP contribution in [0.3, 0.4) is 0 Å². The number of aliphatic hydroxyl groups excluding tert-OH is 4. The maximum Gasteiger partial charge on any atom is 0.229 e. The molecule has 2 heterocycles. The van der Waals surface area contributed by atoms with E-state index in [0.717, 1.165) is 0 Å². The van der Waals surface area contributed by atoms with Crippen LogP contribution in [0.5, 0.6) is 11.5 Å². The lowest BCUT2D eigenvalue weighted by molar-refractivity contribution is -0.277. The Balaban J connectivity index is 1.73. The van der Waals surface area contributed by atoms with Gasteiger partial charge in [0, 0.05) is 0 Å². The van der Waals surface area contributed by atoms with Crippen LogP contribution in [-0.4, -0.2) is 64.8 Å². The number of benzene rings is 2. The molecule has 1 aliphatic rings. The van der Waals surface area contributed by atoms with E-state index >= 15 is 0 Å². The van der Waals surface area contributed by atoms with Gasteiger partial charge in [-0.15, -0.1) is 0 Å². The van der Waals surface area contributed by atoms with Crippen molar-refractivity contribution in [1.82, 2.24) is 0 Å². The van der Waals surface area contributed by atoms with E-state index in [9.17, 15) is 25.2 Å². The topological polar surface area (TPSA) is 139 Å². The Kier molecular flexibility index (Phi) is 5.15. The van der Waals surface area contributed by atoms with Gasteiger partial charge in [0.05, 0.1) is 19.1 Å². The van der Waals surface area contributed by atoms with Crippen LogP contribution in [0.15, 0.2) is 45.6 Å². The van der Waals surface area contributed by atoms with E-state index in [-0.39, 0.29) is 22.0 Å². The van der Waals surface area contributed by atoms with E-state index in [1.165, 1.54) is 25.3 Å². The van der Waals surface area contributed by atoms with Gasteiger partial charge in [-0.2, -0.15) is 0 Å². The fourth-order valence-electron chi connectivity index (χ4n) is 3.39. The van der Waals surface area contributed by atoms with Crippen molar-refractivity contribution in [3.8, 4) is 11.5 Å². The number of ether oxygens (including phenoxy) is 3. The molecule has 0 radical (unpaired) electrons. The second-order valence-electron chi connectivity index (χ2n) is 6.74. The Morgan fingerprint density at radius 1 is 1.03 bits per heavy atom. The third-order valence-corrected chi connectivity index (χ3v) is 4.95. The molecule has 5 atom stereocenters. The maximum atomic E-state index is 13.0. The minimum absolute atomic E-state index is 0.170. The van der Waals surface area contributed by atoms with E-state index in [0.29, 0.717) is 16.9 Å². The van der Waals surface area contributed by atoms with Gasteiger partial charge in [-0.25, -0.2) is 0 Å². The van der Waals surface area contributed by atoms with E-state index in [2.05, 4.69) is 0 Å². The highest BCUT2D eigenvalue weighted by atomic mass is 16.7. The summed E-state index contributed by atoms with van der Waals surface area (Å²) in [5.41, 5.74) is 0.388. The average Bonchev–Trinajstić information content (AvgIpc) is 2.74. The Morgan fingerprint density at radius 3 is 2.55 bits per heavy atom. The molecular weight excluding hydrogens is 384 g/mol. The Morgan fingerprint density at radius 2 is 1.83 bits per heavy atom. The molecule has 9 nitrogen and oxygen atoms in total. The van der Waals surface area contributed by atoms with Gasteiger partial charge in [0.25, 0.3) is 0 Å². The SMILES string of the molecule is COc1cccc2oc3ccc(OC4OC(CO)C(O)C(O)C4O)cc3c(=O)c12. The standard InChI is InChI=1S/C20H20O9/c1-26-12-3-2-4-13-15(12)16(22)10-7-9(5-6-11(10)28-13)27-20-19(25)18(24)17(23)14(8-21)29-20/h2-7,14,17-21,23-25H,8H2,1H3. The molecule has 29 heavy (non-hydrogen) atoms. The highest BCUT2D eigenvalue weighted by Crippen LogP contribution is 2.29. The van der Waals surface area contributed by atoms with Crippen LogP contribution >= 0.6 is 0 Å². The molecule has 1 fully saturated rings. The zero-order valence-corrected chi connectivity index (χ0v) is 15.4. The van der Waals surface area contributed by atoms with Crippen molar-refractivity contribution in [2.45, 2.75) is 30.7 Å². The second kappa shape index (κ2) is 7.62. The largest absolute Gasteiger partial charge is 0.496 e. The van der Waals surface area contributed by atoms with Crippen molar-refractivity contribution in [1.29, 1.82) is 0 Å². The number of methoxy groups -OCH3 is 1. The highest BCUT2D eigenvalue weighted by Gasteiger charge is 2.44. The molecule has 0 saturated carbocycles. The first-order valence-corrected chi connectivity index (χ1v) is 8.95. The van der Waals surface area contributed by atoms with Crippen LogP contribution in [0, 0.1) is 0 Å². The van der Waals surface area contributed by atoms with Crippen LogP contribution in [-0.2, 0) is 4.74 Å². The van der Waals surface area contributed by atoms with Gasteiger partial charge in [-0.05, 0) is 30.3 Å². The molecule has 3 aromatic rings. The summed E-state index contributed by atoms with van der Waals surface area (Å²) >= 11 is 0. The van der Waals surface area contributed by atoms with E-state index < -0.39 is 37.3 Å². The molecule has 1 saturated heterocycles. The summed E-state index contributed by atoms with van der Waals surface area (Å²) in [6, 6.07) is 9.51. The number of hydrogen-bond acceptors (Lipinski definition) is 9.